The zero-order valence-electron chi connectivity index (χ0n) is 12.8. The third kappa shape index (κ3) is 2.57. The molecule has 1 aromatic carbocycles. The molecular formula is C17H17FN2O3. The predicted octanol–water partition coefficient (Wildman–Crippen LogP) is 3.27. The minimum atomic E-state index is -0.836. The number of hydrogen-bond donors (Lipinski definition) is 1. The van der Waals surface area contributed by atoms with Crippen molar-refractivity contribution >= 4 is 17.4 Å². The Morgan fingerprint density at radius 1 is 1.61 bits per heavy atom. The van der Waals surface area contributed by atoms with Gasteiger partial charge in [0.2, 0.25) is 6.29 Å². The van der Waals surface area contributed by atoms with Gasteiger partial charge in [0.25, 0.3) is 6.47 Å². The Kier molecular flexibility index (Phi) is 4.30. The number of aromatic nitrogens is 1. The SMILES string of the molecule is CCCCc1cc(F)c(C#N)c2c3c([nH]c12)C(OC=O)OCC3. The van der Waals surface area contributed by atoms with E-state index in [1.807, 2.05) is 6.07 Å². The Morgan fingerprint density at radius 3 is 3.13 bits per heavy atom. The van der Waals surface area contributed by atoms with E-state index in [0.29, 0.717) is 30.6 Å². The van der Waals surface area contributed by atoms with Crippen LogP contribution in [0, 0.1) is 17.1 Å². The number of fused-ring (bicyclic) bond motifs is 3. The van der Waals surface area contributed by atoms with Gasteiger partial charge in [0.15, 0.2) is 0 Å². The summed E-state index contributed by atoms with van der Waals surface area (Å²) in [4.78, 5) is 13.9. The van der Waals surface area contributed by atoms with Crippen LogP contribution < -0.4 is 0 Å². The summed E-state index contributed by atoms with van der Waals surface area (Å²) in [6, 6.07) is 3.38. The molecule has 0 saturated heterocycles. The number of unbranched alkanes of at least 4 members (excludes halogenated alkanes) is 1. The lowest BCUT2D eigenvalue weighted by Crippen LogP contribution is -2.18. The minimum Gasteiger partial charge on any atom is -0.432 e. The van der Waals surface area contributed by atoms with Gasteiger partial charge in [-0.25, -0.2) is 4.39 Å². The average molecular weight is 316 g/mol. The molecule has 1 aromatic heterocycles. The zero-order chi connectivity index (χ0) is 16.4. The van der Waals surface area contributed by atoms with Crippen LogP contribution in [-0.2, 0) is 27.1 Å². The molecule has 2 heterocycles. The topological polar surface area (TPSA) is 75.1 Å². The van der Waals surface area contributed by atoms with Crippen molar-refractivity contribution in [2.24, 2.45) is 0 Å². The van der Waals surface area contributed by atoms with Crippen molar-refractivity contribution in [3.05, 3.63) is 34.3 Å². The van der Waals surface area contributed by atoms with Crippen LogP contribution in [0.25, 0.3) is 10.9 Å². The van der Waals surface area contributed by atoms with Gasteiger partial charge < -0.3 is 14.5 Å². The van der Waals surface area contributed by atoms with E-state index >= 15 is 0 Å². The molecule has 1 N–H and O–H groups in total. The molecule has 0 bridgehead atoms. The molecule has 2 aromatic rings. The highest BCUT2D eigenvalue weighted by molar-refractivity contribution is 5.93. The van der Waals surface area contributed by atoms with Crippen molar-refractivity contribution < 1.29 is 18.7 Å². The highest BCUT2D eigenvalue weighted by atomic mass is 19.1. The second-order valence-corrected chi connectivity index (χ2v) is 5.56. The smallest absolute Gasteiger partial charge is 0.295 e. The van der Waals surface area contributed by atoms with Crippen molar-refractivity contribution in [3.8, 4) is 6.07 Å². The van der Waals surface area contributed by atoms with Crippen LogP contribution in [0.5, 0.6) is 0 Å². The molecule has 0 spiro atoms. The lowest BCUT2D eigenvalue weighted by molar-refractivity contribution is -0.169. The van der Waals surface area contributed by atoms with E-state index in [0.717, 1.165) is 35.9 Å². The first-order valence-corrected chi connectivity index (χ1v) is 7.67. The molecule has 0 amide bonds. The molecule has 3 rings (SSSR count). The summed E-state index contributed by atoms with van der Waals surface area (Å²) < 4.78 is 24.7. The average Bonchev–Trinajstić information content (AvgIpc) is 2.94. The fourth-order valence-electron chi connectivity index (χ4n) is 3.14. The van der Waals surface area contributed by atoms with E-state index in [1.54, 1.807) is 0 Å². The second-order valence-electron chi connectivity index (χ2n) is 5.56. The van der Waals surface area contributed by atoms with E-state index < -0.39 is 12.1 Å². The quantitative estimate of drug-likeness (QED) is 0.859. The molecule has 0 radical (unpaired) electrons. The van der Waals surface area contributed by atoms with Crippen molar-refractivity contribution in [1.29, 1.82) is 5.26 Å². The number of nitrogens with one attached hydrogen (secondary N) is 1. The molecule has 23 heavy (non-hydrogen) atoms. The summed E-state index contributed by atoms with van der Waals surface area (Å²) in [6.45, 7) is 2.75. The maximum absolute atomic E-state index is 14.3. The lowest BCUT2D eigenvalue weighted by Gasteiger charge is -2.21. The Bertz CT molecular complexity index is 791. The molecule has 1 unspecified atom stereocenters. The normalized spacial score (nSPS) is 16.8. The van der Waals surface area contributed by atoms with Crippen LogP contribution in [0.4, 0.5) is 4.39 Å². The summed E-state index contributed by atoms with van der Waals surface area (Å²) in [5.74, 6) is -0.507. The third-order valence-corrected chi connectivity index (χ3v) is 4.20. The number of aryl methyl sites for hydroxylation is 1. The van der Waals surface area contributed by atoms with Crippen LogP contribution in [0.1, 0.15) is 48.4 Å². The third-order valence-electron chi connectivity index (χ3n) is 4.20. The number of nitriles is 1. The fraction of sp³-hybridized carbons (Fsp3) is 0.412. The monoisotopic (exact) mass is 316 g/mol. The van der Waals surface area contributed by atoms with Crippen molar-refractivity contribution in [2.45, 2.75) is 38.9 Å². The summed E-state index contributed by atoms with van der Waals surface area (Å²) in [6.07, 6.45) is 2.34. The van der Waals surface area contributed by atoms with E-state index in [4.69, 9.17) is 9.47 Å². The number of hydrogen-bond acceptors (Lipinski definition) is 4. The van der Waals surface area contributed by atoms with Gasteiger partial charge >= 0.3 is 0 Å². The minimum absolute atomic E-state index is 0.0319. The van der Waals surface area contributed by atoms with Crippen molar-refractivity contribution in [2.75, 3.05) is 6.61 Å². The molecule has 6 heteroatoms. The van der Waals surface area contributed by atoms with Crippen molar-refractivity contribution in [1.82, 2.24) is 4.98 Å². The van der Waals surface area contributed by atoms with Gasteiger partial charge in [-0.2, -0.15) is 5.26 Å². The Morgan fingerprint density at radius 2 is 2.43 bits per heavy atom. The largest absolute Gasteiger partial charge is 0.432 e. The summed E-state index contributed by atoms with van der Waals surface area (Å²) in [5.41, 5.74) is 3.00. The van der Waals surface area contributed by atoms with E-state index in [-0.39, 0.29) is 5.56 Å². The van der Waals surface area contributed by atoms with Crippen LogP contribution in [0.2, 0.25) is 0 Å². The number of benzene rings is 1. The van der Waals surface area contributed by atoms with Gasteiger partial charge in [-0.15, -0.1) is 0 Å². The molecule has 0 aliphatic carbocycles. The number of carbonyl (C=O) groups is 1. The first-order chi connectivity index (χ1) is 11.2. The van der Waals surface area contributed by atoms with Crippen LogP contribution in [-0.4, -0.2) is 18.1 Å². The molecule has 1 atom stereocenters. The first kappa shape index (κ1) is 15.5. The first-order valence-electron chi connectivity index (χ1n) is 7.67. The Balaban J connectivity index is 2.25. The van der Waals surface area contributed by atoms with Gasteiger partial charge in [-0.05, 0) is 36.5 Å². The van der Waals surface area contributed by atoms with Gasteiger partial charge in [-0.3, -0.25) is 4.79 Å². The van der Waals surface area contributed by atoms with Gasteiger partial charge in [-0.1, -0.05) is 13.3 Å². The number of carbonyl (C=O) groups excluding carboxylic acids is 1. The van der Waals surface area contributed by atoms with Gasteiger partial charge in [0.1, 0.15) is 11.9 Å². The van der Waals surface area contributed by atoms with E-state index in [9.17, 15) is 14.4 Å². The second kappa shape index (κ2) is 6.39. The molecule has 0 fully saturated rings. The number of nitrogens with zero attached hydrogens (tertiary/aromatic N) is 1. The Labute approximate surface area is 133 Å². The zero-order valence-corrected chi connectivity index (χ0v) is 12.8. The predicted molar refractivity (Wildman–Crippen MR) is 81.1 cm³/mol. The van der Waals surface area contributed by atoms with Crippen LogP contribution in [0.15, 0.2) is 6.07 Å². The number of aromatic amines is 1. The van der Waals surface area contributed by atoms with Gasteiger partial charge in [0, 0.05) is 5.39 Å². The molecule has 0 saturated carbocycles. The van der Waals surface area contributed by atoms with Crippen molar-refractivity contribution in [3.63, 3.8) is 0 Å². The maximum atomic E-state index is 14.3. The van der Waals surface area contributed by atoms with Crippen LogP contribution in [0.3, 0.4) is 0 Å². The molecule has 120 valence electrons. The number of H-pyrrole nitrogens is 1. The summed E-state index contributed by atoms with van der Waals surface area (Å²) in [7, 11) is 0. The maximum Gasteiger partial charge on any atom is 0.295 e. The molecule has 1 aliphatic rings. The highest BCUT2D eigenvalue weighted by Crippen LogP contribution is 2.37. The summed E-state index contributed by atoms with van der Waals surface area (Å²) in [5, 5.41) is 9.94. The van der Waals surface area contributed by atoms with Gasteiger partial charge in [0.05, 0.1) is 23.4 Å². The number of halogens is 1. The summed E-state index contributed by atoms with van der Waals surface area (Å²) >= 11 is 0. The number of rotatable bonds is 5. The molecule has 5 nitrogen and oxygen atoms in total. The fourth-order valence-corrected chi connectivity index (χ4v) is 3.14. The lowest BCUT2D eigenvalue weighted by atomic mass is 9.97. The molecular weight excluding hydrogens is 299 g/mol. The van der Waals surface area contributed by atoms with Crippen LogP contribution >= 0.6 is 0 Å². The Hall–Kier alpha value is -2.39. The standard InChI is InChI=1S/C17H17FN2O3/c1-2-3-4-10-7-13(18)12(8-19)14-11-5-6-22-17(23-9-21)16(11)20-15(10)14/h7,9,17,20H,2-6H2,1H3. The van der Waals surface area contributed by atoms with E-state index in [1.165, 1.54) is 6.07 Å². The van der Waals surface area contributed by atoms with E-state index in [2.05, 4.69) is 11.9 Å². The highest BCUT2D eigenvalue weighted by Gasteiger charge is 2.29. The molecule has 1 aliphatic heterocycles. The number of ether oxygens (including phenoxy) is 2.